The van der Waals surface area contributed by atoms with Crippen molar-refractivity contribution in [2.24, 2.45) is 0 Å². The number of hydrogen-bond donors (Lipinski definition) is 0. The van der Waals surface area contributed by atoms with Gasteiger partial charge in [0.25, 0.3) is 0 Å². The van der Waals surface area contributed by atoms with Crippen LogP contribution in [0.5, 0.6) is 0 Å². The van der Waals surface area contributed by atoms with E-state index in [1.54, 1.807) is 0 Å². The number of rotatable bonds is 2. The highest BCUT2D eigenvalue weighted by Gasteiger charge is 2.20. The van der Waals surface area contributed by atoms with E-state index in [1.807, 2.05) is 0 Å². The molecular formula is C9H4F2N2O3. The molecule has 16 heavy (non-hydrogen) atoms. The number of benzene rings is 1. The Morgan fingerprint density at radius 2 is 2.06 bits per heavy atom. The molecule has 2 aromatic rings. The van der Waals surface area contributed by atoms with Gasteiger partial charge in [-0.25, -0.2) is 9.37 Å². The molecule has 0 radical (unpaired) electrons. The molecule has 0 bridgehead atoms. The van der Waals surface area contributed by atoms with E-state index in [0.29, 0.717) is 12.1 Å². The van der Waals surface area contributed by atoms with Gasteiger partial charge in [0.1, 0.15) is 5.82 Å². The summed E-state index contributed by atoms with van der Waals surface area (Å²) in [5, 5.41) is 10.3. The van der Waals surface area contributed by atoms with Crippen molar-refractivity contribution in [3.63, 3.8) is 0 Å². The first kappa shape index (κ1) is 10.2. The molecule has 1 aromatic carbocycles. The van der Waals surface area contributed by atoms with E-state index < -0.39 is 22.2 Å². The molecule has 1 aromatic heterocycles. The van der Waals surface area contributed by atoms with Gasteiger partial charge in [-0.15, -0.1) is 0 Å². The summed E-state index contributed by atoms with van der Waals surface area (Å²) in [6.07, 6.45) is 2.23. The van der Waals surface area contributed by atoms with Gasteiger partial charge >= 0.3 is 5.69 Å². The van der Waals surface area contributed by atoms with Gasteiger partial charge in [0.05, 0.1) is 22.7 Å². The van der Waals surface area contributed by atoms with Crippen molar-refractivity contribution in [3.05, 3.63) is 46.5 Å². The molecule has 0 spiro atoms. The van der Waals surface area contributed by atoms with Crippen LogP contribution in [0, 0.1) is 21.7 Å². The second kappa shape index (κ2) is 3.69. The van der Waals surface area contributed by atoms with Crippen molar-refractivity contribution >= 4 is 5.69 Å². The second-order valence-corrected chi connectivity index (χ2v) is 2.91. The number of nitro benzene ring substituents is 1. The van der Waals surface area contributed by atoms with Crippen LogP contribution in [-0.2, 0) is 0 Å². The standard InChI is InChI=1S/C9H4F2N2O3/c10-6-2-8(13(14)15)7(11)1-5(6)9-3-12-4-16-9/h1-4H. The first-order valence-electron chi connectivity index (χ1n) is 4.12. The first-order chi connectivity index (χ1) is 7.59. The van der Waals surface area contributed by atoms with Gasteiger partial charge in [-0.2, -0.15) is 4.39 Å². The predicted octanol–water partition coefficient (Wildman–Crippen LogP) is 2.53. The van der Waals surface area contributed by atoms with Gasteiger partial charge in [0, 0.05) is 0 Å². The summed E-state index contributed by atoms with van der Waals surface area (Å²) in [6.45, 7) is 0. The van der Waals surface area contributed by atoms with Gasteiger partial charge in [-0.1, -0.05) is 0 Å². The molecule has 0 fully saturated rings. The zero-order valence-corrected chi connectivity index (χ0v) is 7.68. The fourth-order valence-electron chi connectivity index (χ4n) is 1.21. The number of nitro groups is 1. The monoisotopic (exact) mass is 226 g/mol. The van der Waals surface area contributed by atoms with E-state index in [2.05, 4.69) is 4.98 Å². The van der Waals surface area contributed by atoms with Gasteiger partial charge in [0.2, 0.25) is 5.82 Å². The molecule has 0 amide bonds. The Hall–Kier alpha value is -2.31. The maximum absolute atomic E-state index is 13.4. The third-order valence-electron chi connectivity index (χ3n) is 1.93. The Bertz CT molecular complexity index is 540. The molecular weight excluding hydrogens is 222 g/mol. The maximum Gasteiger partial charge on any atom is 0.307 e. The largest absolute Gasteiger partial charge is 0.443 e. The van der Waals surface area contributed by atoms with Gasteiger partial charge < -0.3 is 4.42 Å². The minimum absolute atomic E-state index is 0.00583. The lowest BCUT2D eigenvalue weighted by atomic mass is 10.1. The van der Waals surface area contributed by atoms with Crippen molar-refractivity contribution < 1.29 is 18.1 Å². The van der Waals surface area contributed by atoms with Crippen LogP contribution < -0.4 is 0 Å². The third kappa shape index (κ3) is 1.62. The molecule has 0 aliphatic carbocycles. The van der Waals surface area contributed by atoms with Crippen LogP contribution in [0.25, 0.3) is 11.3 Å². The van der Waals surface area contributed by atoms with Crippen molar-refractivity contribution in [1.82, 2.24) is 4.98 Å². The lowest BCUT2D eigenvalue weighted by Crippen LogP contribution is -1.95. The fraction of sp³-hybridized carbons (Fsp3) is 0. The summed E-state index contributed by atoms with van der Waals surface area (Å²) in [6, 6.07) is 1.21. The summed E-state index contributed by atoms with van der Waals surface area (Å²) >= 11 is 0. The Morgan fingerprint density at radius 3 is 2.62 bits per heavy atom. The molecule has 0 N–H and O–H groups in total. The number of nitrogens with zero attached hydrogens (tertiary/aromatic N) is 2. The van der Waals surface area contributed by atoms with E-state index in [9.17, 15) is 18.9 Å². The van der Waals surface area contributed by atoms with E-state index in [1.165, 1.54) is 6.20 Å². The molecule has 0 saturated heterocycles. The van der Waals surface area contributed by atoms with Crippen LogP contribution in [0.4, 0.5) is 14.5 Å². The zero-order chi connectivity index (χ0) is 11.7. The summed E-state index contributed by atoms with van der Waals surface area (Å²) in [7, 11) is 0. The average molecular weight is 226 g/mol. The molecule has 0 aliphatic rings. The van der Waals surface area contributed by atoms with Crippen LogP contribution in [0.1, 0.15) is 0 Å². The van der Waals surface area contributed by atoms with Gasteiger partial charge in [0.15, 0.2) is 12.2 Å². The lowest BCUT2D eigenvalue weighted by Gasteiger charge is -1.99. The highest BCUT2D eigenvalue weighted by atomic mass is 19.1. The Morgan fingerprint density at radius 1 is 1.31 bits per heavy atom. The molecule has 1 heterocycles. The smallest absolute Gasteiger partial charge is 0.307 e. The molecule has 82 valence electrons. The highest BCUT2D eigenvalue weighted by molar-refractivity contribution is 5.59. The Labute approximate surface area is 87.5 Å². The van der Waals surface area contributed by atoms with Crippen LogP contribution in [0.15, 0.2) is 29.1 Å². The van der Waals surface area contributed by atoms with E-state index >= 15 is 0 Å². The molecule has 0 saturated carbocycles. The molecule has 2 rings (SSSR count). The van der Waals surface area contributed by atoms with Crippen LogP contribution in [0.3, 0.4) is 0 Å². The fourth-order valence-corrected chi connectivity index (χ4v) is 1.21. The van der Waals surface area contributed by atoms with Crippen LogP contribution >= 0.6 is 0 Å². The molecule has 0 unspecified atom stereocenters. The topological polar surface area (TPSA) is 69.2 Å². The molecule has 7 heteroatoms. The lowest BCUT2D eigenvalue weighted by molar-refractivity contribution is -0.387. The molecule has 0 atom stereocenters. The number of hydrogen-bond acceptors (Lipinski definition) is 4. The quantitative estimate of drug-likeness (QED) is 0.582. The summed E-state index contributed by atoms with van der Waals surface area (Å²) in [4.78, 5) is 12.9. The van der Waals surface area contributed by atoms with Crippen molar-refractivity contribution in [2.45, 2.75) is 0 Å². The highest BCUT2D eigenvalue weighted by Crippen LogP contribution is 2.28. The van der Waals surface area contributed by atoms with E-state index in [0.717, 1.165) is 6.39 Å². The molecule has 0 aliphatic heterocycles. The summed E-state index contributed by atoms with van der Waals surface area (Å²) in [5.74, 6) is -2.06. The van der Waals surface area contributed by atoms with Crippen molar-refractivity contribution in [2.75, 3.05) is 0 Å². The minimum atomic E-state index is -1.13. The minimum Gasteiger partial charge on any atom is -0.443 e. The van der Waals surface area contributed by atoms with Crippen molar-refractivity contribution in [1.29, 1.82) is 0 Å². The van der Waals surface area contributed by atoms with Gasteiger partial charge in [-0.3, -0.25) is 10.1 Å². The normalized spacial score (nSPS) is 10.4. The Kier molecular flexibility index (Phi) is 2.35. The third-order valence-corrected chi connectivity index (χ3v) is 1.93. The predicted molar refractivity (Wildman–Crippen MR) is 48.5 cm³/mol. The maximum atomic E-state index is 13.4. The summed E-state index contributed by atoms with van der Waals surface area (Å²) < 4.78 is 31.4. The van der Waals surface area contributed by atoms with Gasteiger partial charge in [-0.05, 0) is 6.07 Å². The van der Waals surface area contributed by atoms with Crippen LogP contribution in [0.2, 0.25) is 0 Å². The van der Waals surface area contributed by atoms with Crippen LogP contribution in [-0.4, -0.2) is 9.91 Å². The van der Waals surface area contributed by atoms with E-state index in [-0.39, 0.29) is 11.3 Å². The number of oxazole rings is 1. The summed E-state index contributed by atoms with van der Waals surface area (Å²) in [5.41, 5.74) is -1.12. The van der Waals surface area contributed by atoms with Crippen molar-refractivity contribution in [3.8, 4) is 11.3 Å². The number of aromatic nitrogens is 1. The average Bonchev–Trinajstić information content (AvgIpc) is 2.73. The Balaban J connectivity index is 2.59. The first-order valence-corrected chi connectivity index (χ1v) is 4.12. The molecule has 5 nitrogen and oxygen atoms in total. The second-order valence-electron chi connectivity index (χ2n) is 2.91. The van der Waals surface area contributed by atoms with E-state index in [4.69, 9.17) is 4.42 Å². The zero-order valence-electron chi connectivity index (χ0n) is 7.68. The SMILES string of the molecule is O=[N+]([O-])c1cc(F)c(-c2cnco2)cc1F. The number of halogens is 2.